The van der Waals surface area contributed by atoms with Crippen molar-refractivity contribution in [1.82, 2.24) is 13.6 Å². The van der Waals surface area contributed by atoms with E-state index in [2.05, 4.69) is 4.72 Å². The molecule has 0 bridgehead atoms. The van der Waals surface area contributed by atoms with E-state index >= 15 is 0 Å². The summed E-state index contributed by atoms with van der Waals surface area (Å²) < 4.78 is 64.6. The molecule has 246 valence electrons. The standard InChI is InChI=1S/C33H37Cl2N3O6S2/c1-4-26-8-5-6-16-38(26)46(42,43)29-12-10-28(11-13-29)45(40,41)36-33(39)31-21-24-20-25(34)9-14-30(24)37(31)15-7-17-44-27-18-22(2)32(35)23(3)19-27/h9-14,18-21,26H,4-8,15-17H2,1-3H3,(H,36,39)/t26-/m0/s1. The number of nitrogens with one attached hydrogen (secondary N) is 1. The molecule has 9 nitrogen and oxygen atoms in total. The molecule has 1 aliphatic rings. The van der Waals surface area contributed by atoms with E-state index in [0.717, 1.165) is 30.4 Å². The van der Waals surface area contributed by atoms with Gasteiger partial charge in [-0.05, 0) is 111 Å². The average molecular weight is 707 g/mol. The van der Waals surface area contributed by atoms with Gasteiger partial charge in [0.1, 0.15) is 11.4 Å². The lowest BCUT2D eigenvalue weighted by molar-refractivity contribution is 0.0972. The molecule has 4 aromatic rings. The Morgan fingerprint density at radius 1 is 0.935 bits per heavy atom. The van der Waals surface area contributed by atoms with Crippen LogP contribution in [0.2, 0.25) is 10.0 Å². The smallest absolute Gasteiger partial charge is 0.281 e. The van der Waals surface area contributed by atoms with Gasteiger partial charge in [-0.2, -0.15) is 4.31 Å². The molecule has 1 aliphatic heterocycles. The molecular formula is C33H37Cl2N3O6S2. The summed E-state index contributed by atoms with van der Waals surface area (Å²) in [6.45, 7) is 6.92. The second-order valence-corrected chi connectivity index (χ2v) is 15.9. The molecule has 1 fully saturated rings. The van der Waals surface area contributed by atoms with Crippen molar-refractivity contribution >= 4 is 60.1 Å². The molecule has 2 heterocycles. The van der Waals surface area contributed by atoms with Crippen molar-refractivity contribution in [3.05, 3.63) is 87.5 Å². The van der Waals surface area contributed by atoms with Gasteiger partial charge in [-0.25, -0.2) is 21.6 Å². The van der Waals surface area contributed by atoms with Crippen LogP contribution in [0.5, 0.6) is 5.75 Å². The van der Waals surface area contributed by atoms with Gasteiger partial charge in [-0.3, -0.25) is 4.79 Å². The molecule has 46 heavy (non-hydrogen) atoms. The summed E-state index contributed by atoms with van der Waals surface area (Å²) in [4.78, 5) is 13.3. The first-order valence-electron chi connectivity index (χ1n) is 15.2. The third-order valence-electron chi connectivity index (χ3n) is 8.31. The molecule has 0 saturated carbocycles. The molecular weight excluding hydrogens is 669 g/mol. The first-order valence-corrected chi connectivity index (χ1v) is 18.9. The van der Waals surface area contributed by atoms with Crippen LogP contribution in [0.3, 0.4) is 0 Å². The number of piperidine rings is 1. The number of aromatic nitrogens is 1. The second-order valence-electron chi connectivity index (χ2n) is 11.5. The van der Waals surface area contributed by atoms with Crippen molar-refractivity contribution < 1.29 is 26.4 Å². The minimum atomic E-state index is -4.33. The Morgan fingerprint density at radius 3 is 2.28 bits per heavy atom. The molecule has 0 spiro atoms. The van der Waals surface area contributed by atoms with Crippen molar-refractivity contribution in [1.29, 1.82) is 0 Å². The number of sulfonamides is 2. The molecule has 1 N–H and O–H groups in total. The van der Waals surface area contributed by atoms with E-state index in [9.17, 15) is 21.6 Å². The van der Waals surface area contributed by atoms with Gasteiger partial charge < -0.3 is 9.30 Å². The van der Waals surface area contributed by atoms with Crippen molar-refractivity contribution in [3.63, 3.8) is 0 Å². The van der Waals surface area contributed by atoms with Crippen molar-refractivity contribution in [2.75, 3.05) is 13.2 Å². The van der Waals surface area contributed by atoms with Gasteiger partial charge >= 0.3 is 0 Å². The third-order valence-corrected chi connectivity index (χ3v) is 12.5. The number of halogens is 2. The number of carbonyl (C=O) groups excluding carboxylic acids is 1. The maximum atomic E-state index is 13.5. The van der Waals surface area contributed by atoms with Gasteiger partial charge in [0.25, 0.3) is 15.9 Å². The molecule has 1 aromatic heterocycles. The molecule has 0 unspecified atom stereocenters. The summed E-state index contributed by atoms with van der Waals surface area (Å²) in [5.74, 6) is -0.138. The van der Waals surface area contributed by atoms with Crippen molar-refractivity contribution in [2.24, 2.45) is 0 Å². The minimum absolute atomic E-state index is 0.0151. The number of benzene rings is 3. The van der Waals surface area contributed by atoms with Crippen LogP contribution in [0.4, 0.5) is 0 Å². The van der Waals surface area contributed by atoms with Crippen molar-refractivity contribution in [3.8, 4) is 5.75 Å². The lowest BCUT2D eigenvalue weighted by Crippen LogP contribution is -2.43. The molecule has 5 rings (SSSR count). The van der Waals surface area contributed by atoms with E-state index in [-0.39, 0.29) is 21.5 Å². The number of nitrogens with zero attached hydrogens (tertiary/aromatic N) is 2. The highest BCUT2D eigenvalue weighted by atomic mass is 35.5. The number of aryl methyl sites for hydroxylation is 3. The van der Waals surface area contributed by atoms with Crippen LogP contribution in [-0.4, -0.2) is 50.8 Å². The first-order chi connectivity index (χ1) is 21.8. The predicted octanol–water partition coefficient (Wildman–Crippen LogP) is 7.11. The fourth-order valence-electron chi connectivity index (χ4n) is 5.93. The van der Waals surface area contributed by atoms with Gasteiger partial charge in [0.15, 0.2) is 0 Å². The highest BCUT2D eigenvalue weighted by Gasteiger charge is 2.33. The Morgan fingerprint density at radius 2 is 1.61 bits per heavy atom. The molecule has 1 amide bonds. The number of hydrogen-bond donors (Lipinski definition) is 1. The molecule has 3 aromatic carbocycles. The average Bonchev–Trinajstić information content (AvgIpc) is 3.39. The van der Waals surface area contributed by atoms with Crippen LogP contribution in [0.1, 0.15) is 60.6 Å². The molecule has 1 atom stereocenters. The van der Waals surface area contributed by atoms with E-state index < -0.39 is 26.0 Å². The number of rotatable bonds is 11. The van der Waals surface area contributed by atoms with E-state index in [1.807, 2.05) is 32.9 Å². The zero-order valence-corrected chi connectivity index (χ0v) is 29.1. The Balaban J connectivity index is 1.33. The molecule has 1 saturated heterocycles. The summed E-state index contributed by atoms with van der Waals surface area (Å²) in [6, 6.07) is 15.4. The van der Waals surface area contributed by atoms with E-state index in [0.29, 0.717) is 59.2 Å². The quantitative estimate of drug-likeness (QED) is 0.167. The maximum Gasteiger partial charge on any atom is 0.281 e. The van der Waals surface area contributed by atoms with Crippen LogP contribution in [-0.2, 0) is 26.6 Å². The number of carbonyl (C=O) groups is 1. The summed E-state index contributed by atoms with van der Waals surface area (Å²) in [5, 5.41) is 1.85. The summed E-state index contributed by atoms with van der Waals surface area (Å²) in [7, 11) is -8.12. The molecule has 13 heteroatoms. The van der Waals surface area contributed by atoms with Crippen LogP contribution in [0.25, 0.3) is 10.9 Å². The monoisotopic (exact) mass is 705 g/mol. The number of fused-ring (bicyclic) bond motifs is 1. The normalized spacial score (nSPS) is 16.1. The van der Waals surface area contributed by atoms with Crippen LogP contribution >= 0.6 is 23.2 Å². The highest BCUT2D eigenvalue weighted by Crippen LogP contribution is 2.29. The SMILES string of the molecule is CC[C@H]1CCCCN1S(=O)(=O)c1ccc(S(=O)(=O)NC(=O)c2cc3cc(Cl)ccc3n2CCCOc2cc(C)c(Cl)c(C)c2)cc1. The lowest BCUT2D eigenvalue weighted by Gasteiger charge is -2.34. The van der Waals surface area contributed by atoms with Gasteiger partial charge in [0.05, 0.1) is 16.4 Å². The second kappa shape index (κ2) is 13.9. The third kappa shape index (κ3) is 7.23. The van der Waals surface area contributed by atoms with Crippen molar-refractivity contribution in [2.45, 2.75) is 75.3 Å². The van der Waals surface area contributed by atoms with E-state index in [1.165, 1.54) is 28.6 Å². The van der Waals surface area contributed by atoms with E-state index in [4.69, 9.17) is 27.9 Å². The Bertz CT molecular complexity index is 1950. The Hall–Kier alpha value is -3.09. The minimum Gasteiger partial charge on any atom is -0.494 e. The number of ether oxygens (including phenoxy) is 1. The molecule has 0 aliphatic carbocycles. The van der Waals surface area contributed by atoms with Crippen LogP contribution < -0.4 is 9.46 Å². The Labute approximate surface area is 280 Å². The summed E-state index contributed by atoms with van der Waals surface area (Å²) in [5.41, 5.74) is 2.67. The summed E-state index contributed by atoms with van der Waals surface area (Å²) >= 11 is 12.5. The topological polar surface area (TPSA) is 115 Å². The fraction of sp³-hybridized carbons (Fsp3) is 0.364. The first kappa shape index (κ1) is 34.3. The highest BCUT2D eigenvalue weighted by molar-refractivity contribution is 7.90. The number of amides is 1. The lowest BCUT2D eigenvalue weighted by atomic mass is 10.0. The van der Waals surface area contributed by atoms with Gasteiger partial charge in [0, 0.05) is 40.1 Å². The number of hydrogen-bond acceptors (Lipinski definition) is 6. The zero-order valence-electron chi connectivity index (χ0n) is 25.9. The van der Waals surface area contributed by atoms with Crippen LogP contribution in [0.15, 0.2) is 70.5 Å². The van der Waals surface area contributed by atoms with E-state index in [1.54, 1.807) is 28.8 Å². The van der Waals surface area contributed by atoms with Crippen LogP contribution in [0, 0.1) is 13.8 Å². The van der Waals surface area contributed by atoms with Gasteiger partial charge in [0.2, 0.25) is 10.0 Å². The maximum absolute atomic E-state index is 13.5. The summed E-state index contributed by atoms with van der Waals surface area (Å²) in [6.07, 6.45) is 3.78. The van der Waals surface area contributed by atoms with Gasteiger partial charge in [-0.15, -0.1) is 0 Å². The van der Waals surface area contributed by atoms with Gasteiger partial charge in [-0.1, -0.05) is 36.5 Å². The predicted molar refractivity (Wildman–Crippen MR) is 181 cm³/mol. The molecule has 0 radical (unpaired) electrons. The fourth-order valence-corrected chi connectivity index (χ4v) is 8.95. The Kier molecular flexibility index (Phi) is 10.4. The zero-order chi connectivity index (χ0) is 33.2. The largest absolute Gasteiger partial charge is 0.494 e.